The molecule has 13 heteroatoms. The fraction of sp³-hybridized carbons (Fsp3) is 0.476. The molecule has 55 heavy (non-hydrogen) atoms. The van der Waals surface area contributed by atoms with Gasteiger partial charge in [-0.3, -0.25) is 0 Å². The maximum absolute atomic E-state index is 12.2. The summed E-state index contributed by atoms with van der Waals surface area (Å²) in [5.74, 6) is -0.730. The molecule has 0 aliphatic carbocycles. The molecule has 0 bridgehead atoms. The van der Waals surface area contributed by atoms with Gasteiger partial charge in [-0.05, 0) is 45.8 Å². The third kappa shape index (κ3) is 18.9. The van der Waals surface area contributed by atoms with E-state index in [1.165, 1.54) is 0 Å². The number of ether oxygens (including phenoxy) is 11. The van der Waals surface area contributed by atoms with E-state index in [4.69, 9.17) is 52.1 Å². The first-order valence-electron chi connectivity index (χ1n) is 18.7. The van der Waals surface area contributed by atoms with Crippen molar-refractivity contribution in [2.45, 2.75) is 0 Å². The molecule has 4 rings (SSSR count). The van der Waals surface area contributed by atoms with Gasteiger partial charge in [-0.15, -0.1) is 0 Å². The molecular weight excluding hydrogens is 712 g/mol. The maximum Gasteiger partial charge on any atom is 0.338 e. The van der Waals surface area contributed by atoms with Gasteiger partial charge in [-0.2, -0.15) is 0 Å². The van der Waals surface area contributed by atoms with E-state index in [0.29, 0.717) is 130 Å². The lowest BCUT2D eigenvalue weighted by atomic mass is 10.1. The highest BCUT2D eigenvalue weighted by atomic mass is 16.6. The van der Waals surface area contributed by atoms with Crippen LogP contribution in [0.25, 0.3) is 21.5 Å². The van der Waals surface area contributed by atoms with Gasteiger partial charge < -0.3 is 52.1 Å². The van der Waals surface area contributed by atoms with Crippen LogP contribution in [0, 0.1) is 0 Å². The zero-order valence-corrected chi connectivity index (χ0v) is 31.5. The molecule has 0 aromatic heterocycles. The Morgan fingerprint density at radius 2 is 0.527 bits per heavy atom. The Morgan fingerprint density at radius 3 is 0.800 bits per heavy atom. The molecule has 0 radical (unpaired) electrons. The summed E-state index contributed by atoms with van der Waals surface area (Å²) >= 11 is 0. The predicted molar refractivity (Wildman–Crippen MR) is 206 cm³/mol. The molecule has 0 saturated heterocycles. The predicted octanol–water partition coefficient (Wildman–Crippen LogP) is 5.16. The monoisotopic (exact) mass is 766 g/mol. The topological polar surface area (TPSA) is 136 Å². The Kier molecular flexibility index (Phi) is 22.6. The molecule has 0 unspecified atom stereocenters. The van der Waals surface area contributed by atoms with Gasteiger partial charge >= 0.3 is 11.9 Å². The molecule has 4 aromatic rings. The minimum absolute atomic E-state index is 0.180. The Bertz CT molecular complexity index is 1510. The largest absolute Gasteiger partial charge is 0.460 e. The molecule has 0 atom stereocenters. The van der Waals surface area contributed by atoms with Crippen molar-refractivity contribution in [3.8, 4) is 0 Å². The van der Waals surface area contributed by atoms with Gasteiger partial charge in [-0.25, -0.2) is 9.59 Å². The molecular formula is C42H54O13. The van der Waals surface area contributed by atoms with E-state index in [9.17, 15) is 9.59 Å². The van der Waals surface area contributed by atoms with Crippen LogP contribution in [0.3, 0.4) is 0 Å². The van der Waals surface area contributed by atoms with Crippen LogP contribution >= 0.6 is 0 Å². The lowest BCUT2D eigenvalue weighted by Gasteiger charge is -2.09. The van der Waals surface area contributed by atoms with Crippen molar-refractivity contribution < 1.29 is 61.7 Å². The molecule has 0 N–H and O–H groups in total. The van der Waals surface area contributed by atoms with Crippen molar-refractivity contribution in [1.82, 2.24) is 0 Å². The number of hydrogen-bond donors (Lipinski definition) is 0. The number of benzene rings is 4. The number of rotatable bonds is 32. The quantitative estimate of drug-likeness (QED) is 0.0479. The van der Waals surface area contributed by atoms with Crippen molar-refractivity contribution in [2.24, 2.45) is 0 Å². The second-order valence-electron chi connectivity index (χ2n) is 11.9. The number of esters is 2. The van der Waals surface area contributed by atoms with E-state index in [2.05, 4.69) is 0 Å². The van der Waals surface area contributed by atoms with Crippen molar-refractivity contribution in [2.75, 3.05) is 132 Å². The zero-order valence-electron chi connectivity index (χ0n) is 31.5. The highest BCUT2D eigenvalue weighted by Crippen LogP contribution is 2.17. The molecule has 300 valence electrons. The average Bonchev–Trinajstić information content (AvgIpc) is 3.22. The molecule has 4 aromatic carbocycles. The van der Waals surface area contributed by atoms with Crippen molar-refractivity contribution in [3.05, 3.63) is 96.1 Å². The Labute approximate surface area is 322 Å². The van der Waals surface area contributed by atoms with Crippen LogP contribution in [-0.2, 0) is 52.1 Å². The first-order chi connectivity index (χ1) is 27.2. The smallest absolute Gasteiger partial charge is 0.338 e. The summed E-state index contributed by atoms with van der Waals surface area (Å²) in [4.78, 5) is 24.5. The van der Waals surface area contributed by atoms with Crippen molar-refractivity contribution >= 4 is 33.5 Å². The standard InChI is InChI=1S/C42H54O13/c43-41(39-11-9-35-5-1-3-7-37(35)33-39)54-31-29-52-27-25-50-23-21-48-19-17-46-15-13-45-14-16-47-18-20-49-22-24-51-26-28-53-30-32-55-42(44)40-12-10-36-6-2-4-8-38(36)34-40/h1-12,33-34H,13-32H2. The van der Waals surface area contributed by atoms with Crippen LogP contribution in [0.2, 0.25) is 0 Å². The highest BCUT2D eigenvalue weighted by Gasteiger charge is 2.09. The van der Waals surface area contributed by atoms with E-state index >= 15 is 0 Å². The molecule has 0 heterocycles. The summed E-state index contributed by atoms with van der Waals surface area (Å²) in [6, 6.07) is 26.7. The summed E-state index contributed by atoms with van der Waals surface area (Å²) in [5, 5.41) is 4.15. The van der Waals surface area contributed by atoms with Gasteiger partial charge in [-0.1, -0.05) is 60.7 Å². The molecule has 0 aliphatic rings. The fourth-order valence-electron chi connectivity index (χ4n) is 5.05. The molecule has 0 saturated carbocycles. The van der Waals surface area contributed by atoms with E-state index in [0.717, 1.165) is 21.5 Å². The third-order valence-corrected chi connectivity index (χ3v) is 7.87. The number of carbonyl (C=O) groups excluding carboxylic acids is 2. The van der Waals surface area contributed by atoms with E-state index in [1.54, 1.807) is 12.1 Å². The Hall–Kier alpha value is -4.02. The lowest BCUT2D eigenvalue weighted by molar-refractivity contribution is -0.0266. The molecule has 0 amide bonds. The maximum atomic E-state index is 12.2. The Morgan fingerprint density at radius 1 is 0.291 bits per heavy atom. The van der Waals surface area contributed by atoms with Gasteiger partial charge in [0.2, 0.25) is 0 Å². The third-order valence-electron chi connectivity index (χ3n) is 7.87. The minimum atomic E-state index is -0.365. The van der Waals surface area contributed by atoms with Crippen LogP contribution in [-0.4, -0.2) is 144 Å². The molecule has 0 aliphatic heterocycles. The number of hydrogen-bond acceptors (Lipinski definition) is 13. The van der Waals surface area contributed by atoms with Gasteiger partial charge in [0.15, 0.2) is 0 Å². The second-order valence-corrected chi connectivity index (χ2v) is 11.9. The van der Waals surface area contributed by atoms with Gasteiger partial charge in [0.25, 0.3) is 0 Å². The molecule has 0 spiro atoms. The summed E-state index contributed by atoms with van der Waals surface area (Å²) in [6.45, 7) is 8.24. The summed E-state index contributed by atoms with van der Waals surface area (Å²) in [6.07, 6.45) is 0. The molecule has 13 nitrogen and oxygen atoms in total. The number of carbonyl (C=O) groups is 2. The van der Waals surface area contributed by atoms with Crippen LogP contribution in [0.4, 0.5) is 0 Å². The first-order valence-corrected chi connectivity index (χ1v) is 18.7. The van der Waals surface area contributed by atoms with Crippen molar-refractivity contribution in [3.63, 3.8) is 0 Å². The van der Waals surface area contributed by atoms with Crippen LogP contribution in [0.15, 0.2) is 84.9 Å². The highest BCUT2D eigenvalue weighted by molar-refractivity contribution is 5.96. The minimum Gasteiger partial charge on any atom is -0.460 e. The van der Waals surface area contributed by atoms with Crippen LogP contribution in [0.1, 0.15) is 20.7 Å². The number of fused-ring (bicyclic) bond motifs is 2. The van der Waals surface area contributed by atoms with Crippen LogP contribution in [0.5, 0.6) is 0 Å². The van der Waals surface area contributed by atoms with E-state index < -0.39 is 0 Å². The van der Waals surface area contributed by atoms with Gasteiger partial charge in [0, 0.05) is 0 Å². The second kappa shape index (κ2) is 28.4. The normalized spacial score (nSPS) is 11.3. The summed E-state index contributed by atoms with van der Waals surface area (Å²) in [7, 11) is 0. The summed E-state index contributed by atoms with van der Waals surface area (Å²) < 4.78 is 59.9. The van der Waals surface area contributed by atoms with Gasteiger partial charge in [0.05, 0.1) is 130 Å². The van der Waals surface area contributed by atoms with Crippen LogP contribution < -0.4 is 0 Å². The SMILES string of the molecule is O=C(OCCOCCOCCOCCOCCOCCOCCOCCOCCOCCOC(=O)c1ccc2ccccc2c1)c1ccc2ccccc2c1. The molecule has 0 fully saturated rings. The lowest BCUT2D eigenvalue weighted by Crippen LogP contribution is -2.16. The van der Waals surface area contributed by atoms with Crippen molar-refractivity contribution in [1.29, 1.82) is 0 Å². The van der Waals surface area contributed by atoms with E-state index in [-0.39, 0.29) is 25.2 Å². The first kappa shape index (κ1) is 43.7. The summed E-state index contributed by atoms with van der Waals surface area (Å²) in [5.41, 5.74) is 1.04. The average molecular weight is 767 g/mol. The fourth-order valence-corrected chi connectivity index (χ4v) is 5.05. The zero-order chi connectivity index (χ0) is 38.4. The van der Waals surface area contributed by atoms with E-state index in [1.807, 2.05) is 72.8 Å². The van der Waals surface area contributed by atoms with Gasteiger partial charge in [0.1, 0.15) is 13.2 Å². The Balaban J connectivity index is 0.785.